The average Bonchev–Trinajstić information content (AvgIpc) is 2.93. The van der Waals surface area contributed by atoms with Crippen LogP contribution in [0.25, 0.3) is 0 Å². The molecular formula is C16H23N5O. The Morgan fingerprint density at radius 2 is 2.23 bits per heavy atom. The number of nitrogens with zero attached hydrogens (tertiary/aromatic N) is 4. The number of hydrogen-bond acceptors (Lipinski definition) is 4. The molecule has 4 rings (SSSR count). The number of H-pyrrole nitrogens is 1. The zero-order valence-corrected chi connectivity index (χ0v) is 12.9. The smallest absolute Gasteiger partial charge is 0.123 e. The largest absolute Gasteiger partial charge is 0.391 e. The normalized spacial score (nSPS) is 25.9. The third-order valence-corrected chi connectivity index (χ3v) is 4.77. The van der Waals surface area contributed by atoms with Crippen molar-refractivity contribution in [2.75, 3.05) is 13.1 Å². The summed E-state index contributed by atoms with van der Waals surface area (Å²) < 4.78 is 2.30. The second kappa shape index (κ2) is 5.52. The highest BCUT2D eigenvalue weighted by Crippen LogP contribution is 2.36. The summed E-state index contributed by atoms with van der Waals surface area (Å²) in [6.45, 7) is 4.47. The Bertz CT molecular complexity index is 645. The number of aromatic amines is 1. The van der Waals surface area contributed by atoms with Crippen LogP contribution >= 0.6 is 0 Å². The van der Waals surface area contributed by atoms with Crippen molar-refractivity contribution in [2.45, 2.75) is 44.9 Å². The number of hydrogen-bond donors (Lipinski definition) is 2. The van der Waals surface area contributed by atoms with Crippen molar-refractivity contribution in [1.29, 1.82) is 0 Å². The fourth-order valence-corrected chi connectivity index (χ4v) is 3.47. The fraction of sp³-hybridized carbons (Fsp3) is 0.625. The van der Waals surface area contributed by atoms with Crippen LogP contribution in [0.15, 0.2) is 18.5 Å². The van der Waals surface area contributed by atoms with Gasteiger partial charge in [-0.15, -0.1) is 0 Å². The minimum atomic E-state index is -0.277. The first-order valence-electron chi connectivity index (χ1n) is 8.12. The highest BCUT2D eigenvalue weighted by molar-refractivity contribution is 5.09. The molecule has 0 spiro atoms. The standard InChI is InChI=1S/C16H23N5O/c1-11-6-13(19-18-11)7-12-8-20(9-15(12)22)10-16-17-4-5-21(16)14-2-3-14/h4-6,12,14-15,22H,2-3,7-10H2,1H3,(H,18,19)/t12-,15-/m1/s1. The van der Waals surface area contributed by atoms with Gasteiger partial charge in [0.25, 0.3) is 0 Å². The number of aromatic nitrogens is 4. The van der Waals surface area contributed by atoms with Crippen LogP contribution in [0, 0.1) is 12.8 Å². The SMILES string of the molecule is Cc1cc(C[C@@H]2CN(Cc3nccn3C3CC3)C[C@H]2O)n[nH]1. The van der Waals surface area contributed by atoms with Crippen LogP contribution in [0.3, 0.4) is 0 Å². The van der Waals surface area contributed by atoms with Gasteiger partial charge in [0.1, 0.15) is 5.82 Å². The van der Waals surface area contributed by atoms with Crippen molar-refractivity contribution < 1.29 is 5.11 Å². The highest BCUT2D eigenvalue weighted by atomic mass is 16.3. The Hall–Kier alpha value is -1.66. The third-order valence-electron chi connectivity index (χ3n) is 4.77. The molecule has 2 aromatic rings. The maximum Gasteiger partial charge on any atom is 0.123 e. The molecule has 2 aliphatic rings. The molecule has 1 saturated heterocycles. The van der Waals surface area contributed by atoms with Gasteiger partial charge in [-0.1, -0.05) is 0 Å². The zero-order chi connectivity index (χ0) is 15.1. The van der Waals surface area contributed by atoms with Crippen molar-refractivity contribution in [3.63, 3.8) is 0 Å². The maximum absolute atomic E-state index is 10.3. The van der Waals surface area contributed by atoms with E-state index in [1.165, 1.54) is 12.8 Å². The van der Waals surface area contributed by atoms with E-state index in [4.69, 9.17) is 0 Å². The molecule has 2 N–H and O–H groups in total. The molecule has 1 saturated carbocycles. The molecule has 1 aliphatic heterocycles. The van der Waals surface area contributed by atoms with E-state index in [1.54, 1.807) is 0 Å². The van der Waals surface area contributed by atoms with Crippen molar-refractivity contribution in [3.05, 3.63) is 35.7 Å². The minimum absolute atomic E-state index is 0.257. The summed E-state index contributed by atoms with van der Waals surface area (Å²) in [5.74, 6) is 1.39. The molecule has 0 unspecified atom stereocenters. The van der Waals surface area contributed by atoms with Crippen LogP contribution in [-0.4, -0.2) is 48.9 Å². The first kappa shape index (κ1) is 14.0. The van der Waals surface area contributed by atoms with Crippen LogP contribution in [0.4, 0.5) is 0 Å². The molecule has 22 heavy (non-hydrogen) atoms. The number of rotatable bonds is 5. The Balaban J connectivity index is 1.39. The van der Waals surface area contributed by atoms with Crippen molar-refractivity contribution >= 4 is 0 Å². The number of aryl methyl sites for hydroxylation is 1. The van der Waals surface area contributed by atoms with Gasteiger partial charge in [-0.3, -0.25) is 10.00 Å². The van der Waals surface area contributed by atoms with E-state index < -0.39 is 0 Å². The average molecular weight is 301 g/mol. The first-order chi connectivity index (χ1) is 10.7. The molecule has 3 heterocycles. The lowest BCUT2D eigenvalue weighted by Gasteiger charge is -2.16. The summed E-state index contributed by atoms with van der Waals surface area (Å²) in [7, 11) is 0. The quantitative estimate of drug-likeness (QED) is 0.873. The van der Waals surface area contributed by atoms with Crippen molar-refractivity contribution in [1.82, 2.24) is 24.6 Å². The Labute approximate surface area is 130 Å². The molecule has 0 radical (unpaired) electrons. The number of imidazole rings is 1. The van der Waals surface area contributed by atoms with Gasteiger partial charge in [-0.25, -0.2) is 4.98 Å². The van der Waals surface area contributed by atoms with E-state index in [0.717, 1.165) is 43.3 Å². The van der Waals surface area contributed by atoms with Gasteiger partial charge in [-0.2, -0.15) is 5.10 Å². The number of nitrogens with one attached hydrogen (secondary N) is 1. The molecule has 2 fully saturated rings. The van der Waals surface area contributed by atoms with Gasteiger partial charge in [0.05, 0.1) is 18.3 Å². The van der Waals surface area contributed by atoms with Crippen LogP contribution in [0.2, 0.25) is 0 Å². The van der Waals surface area contributed by atoms with Crippen LogP contribution in [0.1, 0.15) is 36.1 Å². The highest BCUT2D eigenvalue weighted by Gasteiger charge is 2.33. The second-order valence-electron chi connectivity index (χ2n) is 6.75. The van der Waals surface area contributed by atoms with Gasteiger partial charge >= 0.3 is 0 Å². The van der Waals surface area contributed by atoms with Crippen LogP contribution in [0.5, 0.6) is 0 Å². The third kappa shape index (κ3) is 2.80. The Morgan fingerprint density at radius 3 is 2.95 bits per heavy atom. The second-order valence-corrected chi connectivity index (χ2v) is 6.75. The molecule has 2 atom stereocenters. The summed E-state index contributed by atoms with van der Waals surface area (Å²) in [5.41, 5.74) is 2.12. The van der Waals surface area contributed by atoms with Crippen LogP contribution in [-0.2, 0) is 13.0 Å². The van der Waals surface area contributed by atoms with E-state index in [1.807, 2.05) is 13.1 Å². The van der Waals surface area contributed by atoms with Crippen molar-refractivity contribution in [2.24, 2.45) is 5.92 Å². The zero-order valence-electron chi connectivity index (χ0n) is 12.9. The van der Waals surface area contributed by atoms with Gasteiger partial charge < -0.3 is 9.67 Å². The van der Waals surface area contributed by atoms with Crippen molar-refractivity contribution in [3.8, 4) is 0 Å². The lowest BCUT2D eigenvalue weighted by Crippen LogP contribution is -2.23. The molecule has 118 valence electrons. The van der Waals surface area contributed by atoms with Gasteiger partial charge in [0.15, 0.2) is 0 Å². The van der Waals surface area contributed by atoms with E-state index in [2.05, 4.69) is 36.9 Å². The first-order valence-corrected chi connectivity index (χ1v) is 8.12. The fourth-order valence-electron chi connectivity index (χ4n) is 3.47. The molecule has 6 nitrogen and oxygen atoms in total. The predicted molar refractivity (Wildman–Crippen MR) is 82.3 cm³/mol. The van der Waals surface area contributed by atoms with Gasteiger partial charge in [0.2, 0.25) is 0 Å². The number of β-amino-alcohol motifs (C(OH)–C–C–N with tert-alkyl or cyclic N) is 1. The molecule has 0 bridgehead atoms. The lowest BCUT2D eigenvalue weighted by molar-refractivity contribution is 0.140. The summed E-state index contributed by atoms with van der Waals surface area (Å²) >= 11 is 0. The molecule has 6 heteroatoms. The van der Waals surface area contributed by atoms with E-state index in [-0.39, 0.29) is 12.0 Å². The maximum atomic E-state index is 10.3. The molecular weight excluding hydrogens is 278 g/mol. The Kier molecular flexibility index (Phi) is 3.50. The van der Waals surface area contributed by atoms with Gasteiger partial charge in [-0.05, 0) is 32.3 Å². The number of aliphatic hydroxyl groups excluding tert-OH is 1. The summed E-state index contributed by atoms with van der Waals surface area (Å²) in [5, 5.41) is 17.6. The van der Waals surface area contributed by atoms with E-state index in [0.29, 0.717) is 6.04 Å². The minimum Gasteiger partial charge on any atom is -0.391 e. The molecule has 0 amide bonds. The lowest BCUT2D eigenvalue weighted by atomic mass is 10.0. The molecule has 1 aliphatic carbocycles. The summed E-state index contributed by atoms with van der Waals surface area (Å²) in [4.78, 5) is 6.82. The number of aliphatic hydroxyl groups is 1. The van der Waals surface area contributed by atoms with Gasteiger partial charge in [0, 0.05) is 43.1 Å². The number of likely N-dealkylation sites (tertiary alicyclic amines) is 1. The monoisotopic (exact) mass is 301 g/mol. The van der Waals surface area contributed by atoms with E-state index in [9.17, 15) is 5.11 Å². The summed E-state index contributed by atoms with van der Waals surface area (Å²) in [6, 6.07) is 2.72. The Morgan fingerprint density at radius 1 is 1.36 bits per heavy atom. The predicted octanol–water partition coefficient (Wildman–Crippen LogP) is 1.28. The molecule has 0 aromatic carbocycles. The molecule has 2 aromatic heterocycles. The van der Waals surface area contributed by atoms with E-state index >= 15 is 0 Å². The van der Waals surface area contributed by atoms with Crippen LogP contribution < -0.4 is 0 Å². The topological polar surface area (TPSA) is 70.0 Å². The summed E-state index contributed by atoms with van der Waals surface area (Å²) in [6.07, 6.45) is 7.08.